The van der Waals surface area contributed by atoms with Gasteiger partial charge in [-0.1, -0.05) is 45.7 Å². The highest BCUT2D eigenvalue weighted by Gasteiger charge is 2.43. The van der Waals surface area contributed by atoms with E-state index in [1.165, 1.54) is 0 Å². The maximum absolute atomic E-state index is 13.5. The Morgan fingerprint density at radius 3 is 2.26 bits per heavy atom. The summed E-state index contributed by atoms with van der Waals surface area (Å²) in [6.07, 6.45) is 5.48. The van der Waals surface area contributed by atoms with Crippen LogP contribution in [0.3, 0.4) is 0 Å². The van der Waals surface area contributed by atoms with Crippen molar-refractivity contribution in [2.45, 2.75) is 53.0 Å². The lowest BCUT2D eigenvalue weighted by Crippen LogP contribution is -2.59. The van der Waals surface area contributed by atoms with E-state index in [2.05, 4.69) is 10.8 Å². The van der Waals surface area contributed by atoms with E-state index in [0.29, 0.717) is 19.6 Å². The summed E-state index contributed by atoms with van der Waals surface area (Å²) in [5.74, 6) is 0.0293. The van der Waals surface area contributed by atoms with E-state index in [-0.39, 0.29) is 11.4 Å². The first-order chi connectivity index (χ1) is 9.19. The summed E-state index contributed by atoms with van der Waals surface area (Å²) in [6.45, 7) is 11.1. The summed E-state index contributed by atoms with van der Waals surface area (Å²) >= 11 is 1.57. The van der Waals surface area contributed by atoms with Gasteiger partial charge in [0.15, 0.2) is 0 Å². The average Bonchev–Trinajstić information content (AvgIpc) is 2.42. The lowest BCUT2D eigenvalue weighted by atomic mass is 9.81. The fourth-order valence-corrected chi connectivity index (χ4v) is 2.77. The lowest BCUT2D eigenvalue weighted by Gasteiger charge is -2.44. The highest BCUT2D eigenvalue weighted by atomic mass is 32.2. The number of halogens is 1. The SMILES string of the molecule is CC.CC.CSNC1(C2=CCCC(F)=C2C)COC1. The molecule has 2 nitrogen and oxygen atoms in total. The molecule has 0 atom stereocenters. The Labute approximate surface area is 122 Å². The van der Waals surface area contributed by atoms with Crippen LogP contribution >= 0.6 is 11.9 Å². The Morgan fingerprint density at radius 1 is 1.26 bits per heavy atom. The van der Waals surface area contributed by atoms with Crippen molar-refractivity contribution in [2.24, 2.45) is 0 Å². The van der Waals surface area contributed by atoms with Crippen LogP contribution in [0.4, 0.5) is 4.39 Å². The first-order valence-electron chi connectivity index (χ1n) is 7.14. The molecule has 1 aliphatic carbocycles. The van der Waals surface area contributed by atoms with Gasteiger partial charge in [-0.3, -0.25) is 0 Å². The van der Waals surface area contributed by atoms with Crippen molar-refractivity contribution in [1.82, 2.24) is 4.72 Å². The van der Waals surface area contributed by atoms with Crippen molar-refractivity contribution in [3.8, 4) is 0 Å². The predicted octanol–water partition coefficient (Wildman–Crippen LogP) is 4.64. The zero-order chi connectivity index (χ0) is 14.9. The van der Waals surface area contributed by atoms with Crippen LogP contribution in [0, 0.1) is 0 Å². The van der Waals surface area contributed by atoms with Crippen LogP contribution in [0.2, 0.25) is 0 Å². The van der Waals surface area contributed by atoms with Crippen LogP contribution in [0.15, 0.2) is 23.0 Å². The van der Waals surface area contributed by atoms with E-state index in [1.54, 1.807) is 11.9 Å². The van der Waals surface area contributed by atoms with Gasteiger partial charge < -0.3 is 4.74 Å². The van der Waals surface area contributed by atoms with Gasteiger partial charge in [0.05, 0.1) is 18.8 Å². The zero-order valence-electron chi connectivity index (χ0n) is 13.1. The number of rotatable bonds is 3. The van der Waals surface area contributed by atoms with Crippen LogP contribution in [-0.2, 0) is 4.74 Å². The lowest BCUT2D eigenvalue weighted by molar-refractivity contribution is -0.0405. The molecule has 2 aliphatic rings. The third-order valence-corrected chi connectivity index (χ3v) is 3.63. The van der Waals surface area contributed by atoms with Gasteiger partial charge in [-0.05, 0) is 30.7 Å². The number of hydrogen-bond donors (Lipinski definition) is 1. The third kappa shape index (κ3) is 4.33. The summed E-state index contributed by atoms with van der Waals surface area (Å²) in [4.78, 5) is 0. The summed E-state index contributed by atoms with van der Waals surface area (Å²) < 4.78 is 22.1. The summed E-state index contributed by atoms with van der Waals surface area (Å²) in [7, 11) is 0. The molecule has 0 aromatic rings. The molecule has 1 heterocycles. The smallest absolute Gasteiger partial charge is 0.103 e. The van der Waals surface area contributed by atoms with Gasteiger partial charge >= 0.3 is 0 Å². The molecule has 0 saturated carbocycles. The first kappa shape index (κ1) is 18.7. The van der Waals surface area contributed by atoms with E-state index in [1.807, 2.05) is 40.9 Å². The van der Waals surface area contributed by atoms with E-state index < -0.39 is 0 Å². The number of nitrogens with one attached hydrogen (secondary N) is 1. The predicted molar refractivity (Wildman–Crippen MR) is 84.0 cm³/mol. The minimum atomic E-state index is -0.152. The number of allylic oxidation sites excluding steroid dienone is 2. The molecule has 19 heavy (non-hydrogen) atoms. The normalized spacial score (nSPS) is 20.3. The van der Waals surface area contributed by atoms with Gasteiger partial charge in [0.1, 0.15) is 5.83 Å². The van der Waals surface area contributed by atoms with Crippen molar-refractivity contribution in [1.29, 1.82) is 0 Å². The Balaban J connectivity index is 0.000000741. The molecule has 112 valence electrons. The van der Waals surface area contributed by atoms with Gasteiger partial charge in [0.25, 0.3) is 0 Å². The minimum Gasteiger partial charge on any atom is -0.377 e. The monoisotopic (exact) mass is 289 g/mol. The molecular weight excluding hydrogens is 261 g/mol. The fourth-order valence-electron chi connectivity index (χ4n) is 2.16. The topological polar surface area (TPSA) is 21.3 Å². The van der Waals surface area contributed by atoms with Gasteiger partial charge in [0, 0.05) is 6.42 Å². The van der Waals surface area contributed by atoms with Gasteiger partial charge in [-0.15, -0.1) is 0 Å². The van der Waals surface area contributed by atoms with Gasteiger partial charge in [-0.2, -0.15) is 0 Å². The van der Waals surface area contributed by atoms with Crippen LogP contribution in [0.1, 0.15) is 47.5 Å². The second-order valence-corrected chi connectivity index (χ2v) is 4.68. The van der Waals surface area contributed by atoms with Crippen LogP contribution in [-0.4, -0.2) is 25.0 Å². The fraction of sp³-hybridized carbons (Fsp3) is 0.733. The molecule has 2 rings (SSSR count). The Kier molecular flexibility index (Phi) is 9.40. The molecule has 0 unspecified atom stereocenters. The number of ether oxygens (including phenoxy) is 1. The molecule has 0 radical (unpaired) electrons. The molecule has 0 amide bonds. The molecule has 1 saturated heterocycles. The Morgan fingerprint density at radius 2 is 1.84 bits per heavy atom. The van der Waals surface area contributed by atoms with E-state index in [9.17, 15) is 4.39 Å². The van der Waals surface area contributed by atoms with Crippen molar-refractivity contribution in [2.75, 3.05) is 19.5 Å². The molecule has 1 N–H and O–H groups in total. The number of hydrogen-bond acceptors (Lipinski definition) is 3. The van der Waals surface area contributed by atoms with Crippen molar-refractivity contribution in [3.63, 3.8) is 0 Å². The molecule has 0 aromatic carbocycles. The van der Waals surface area contributed by atoms with Crippen molar-refractivity contribution in [3.05, 3.63) is 23.0 Å². The molecule has 0 bridgehead atoms. The highest BCUT2D eigenvalue weighted by Crippen LogP contribution is 2.37. The Hall–Kier alpha value is -0.320. The Bertz CT molecular complexity index is 322. The van der Waals surface area contributed by atoms with E-state index in [0.717, 1.165) is 17.6 Å². The zero-order valence-corrected chi connectivity index (χ0v) is 13.9. The first-order valence-corrected chi connectivity index (χ1v) is 8.36. The standard InChI is InChI=1S/C11H16FNOS.2C2H6/c1-8-9(4-3-5-10(8)12)11(13-15-2)6-14-7-11;2*1-2/h4,13H,3,5-7H2,1-2H3;2*1-2H3. The van der Waals surface area contributed by atoms with Crippen molar-refractivity contribution < 1.29 is 9.13 Å². The van der Waals surface area contributed by atoms with E-state index in [4.69, 9.17) is 4.74 Å². The molecule has 1 aliphatic heterocycles. The van der Waals surface area contributed by atoms with Crippen LogP contribution in [0.25, 0.3) is 0 Å². The molecule has 1 fully saturated rings. The largest absolute Gasteiger partial charge is 0.377 e. The van der Waals surface area contributed by atoms with Crippen LogP contribution < -0.4 is 4.72 Å². The highest BCUT2D eigenvalue weighted by molar-refractivity contribution is 7.96. The quantitative estimate of drug-likeness (QED) is 0.765. The van der Waals surface area contributed by atoms with Gasteiger partial charge in [0.2, 0.25) is 0 Å². The molecule has 4 heteroatoms. The molecular formula is C15H28FNOS. The maximum Gasteiger partial charge on any atom is 0.103 e. The minimum absolute atomic E-state index is 0.0293. The van der Waals surface area contributed by atoms with E-state index >= 15 is 0 Å². The van der Waals surface area contributed by atoms with Crippen molar-refractivity contribution >= 4 is 11.9 Å². The maximum atomic E-state index is 13.5. The molecule has 0 spiro atoms. The summed E-state index contributed by atoms with van der Waals surface area (Å²) in [5, 5.41) is 0. The van der Waals surface area contributed by atoms with Gasteiger partial charge in [-0.25, -0.2) is 9.11 Å². The second kappa shape index (κ2) is 9.56. The summed E-state index contributed by atoms with van der Waals surface area (Å²) in [5.41, 5.74) is 1.74. The van der Waals surface area contributed by atoms with Crippen LogP contribution in [0.5, 0.6) is 0 Å². The average molecular weight is 289 g/mol. The molecule has 0 aromatic heterocycles. The summed E-state index contributed by atoms with van der Waals surface area (Å²) in [6, 6.07) is 0. The third-order valence-electron chi connectivity index (χ3n) is 3.03. The second-order valence-electron chi connectivity index (χ2n) is 4.07.